The molecule has 0 aliphatic carbocycles. The van der Waals surface area contributed by atoms with Crippen LogP contribution in [0.4, 0.5) is 0 Å². The van der Waals surface area contributed by atoms with Gasteiger partial charge in [0.2, 0.25) is 18.1 Å². The SMILES string of the molecule is C=C/C=C\CC(Oc1[nH]c(=O)c(C=O)cc1Br)Oc1[nH]c(=O)c(C=O)cc1Br. The zero-order chi connectivity index (χ0) is 20.7. The smallest absolute Gasteiger partial charge is 0.261 e. The summed E-state index contributed by atoms with van der Waals surface area (Å²) < 4.78 is 12.0. The summed E-state index contributed by atoms with van der Waals surface area (Å²) in [6.07, 6.45) is 5.02. The Bertz CT molecular complexity index is 968. The third kappa shape index (κ3) is 5.40. The average molecular weight is 514 g/mol. The molecule has 2 N–H and O–H groups in total. The molecule has 0 spiro atoms. The molecule has 10 heteroatoms. The molecule has 2 rings (SSSR count). The number of carbonyl (C=O) groups is 2. The highest BCUT2D eigenvalue weighted by Gasteiger charge is 2.18. The number of aromatic amines is 2. The zero-order valence-corrected chi connectivity index (χ0v) is 17.4. The number of aldehydes is 2. The van der Waals surface area contributed by atoms with E-state index in [0.717, 1.165) is 0 Å². The van der Waals surface area contributed by atoms with Crippen molar-refractivity contribution in [1.29, 1.82) is 0 Å². The molecular weight excluding hydrogens is 500 g/mol. The Morgan fingerprint density at radius 2 is 1.43 bits per heavy atom. The van der Waals surface area contributed by atoms with Gasteiger partial charge in [0.25, 0.3) is 11.1 Å². The molecule has 0 radical (unpaired) electrons. The number of carbonyl (C=O) groups excluding carboxylic acids is 2. The topological polar surface area (TPSA) is 118 Å². The summed E-state index contributed by atoms with van der Waals surface area (Å²) in [6, 6.07) is 2.63. The molecule has 0 bridgehead atoms. The van der Waals surface area contributed by atoms with Crippen molar-refractivity contribution in [3.63, 3.8) is 0 Å². The first kappa shape index (κ1) is 21.6. The third-order valence-electron chi connectivity index (χ3n) is 3.33. The first-order valence-corrected chi connectivity index (χ1v) is 9.35. The first-order chi connectivity index (χ1) is 13.4. The maximum absolute atomic E-state index is 11.8. The van der Waals surface area contributed by atoms with E-state index < -0.39 is 17.4 Å². The number of halogens is 2. The summed E-state index contributed by atoms with van der Waals surface area (Å²) in [4.78, 5) is 50.3. The minimum Gasteiger partial charge on any atom is -0.438 e. The van der Waals surface area contributed by atoms with Crippen LogP contribution in [0.3, 0.4) is 0 Å². The molecule has 0 aliphatic rings. The summed E-state index contributed by atoms with van der Waals surface area (Å²) in [5.74, 6) is 0.0752. The monoisotopic (exact) mass is 512 g/mol. The van der Waals surface area contributed by atoms with Crippen molar-refractivity contribution in [3.05, 3.63) is 77.7 Å². The fraction of sp³-hybridized carbons (Fsp3) is 0.111. The lowest BCUT2D eigenvalue weighted by molar-refractivity contribution is 0.000335. The van der Waals surface area contributed by atoms with Crippen molar-refractivity contribution in [1.82, 2.24) is 9.97 Å². The van der Waals surface area contributed by atoms with E-state index in [0.29, 0.717) is 21.5 Å². The van der Waals surface area contributed by atoms with E-state index in [1.165, 1.54) is 12.1 Å². The van der Waals surface area contributed by atoms with E-state index in [1.807, 2.05) is 0 Å². The van der Waals surface area contributed by atoms with Crippen LogP contribution in [0.25, 0.3) is 0 Å². The largest absolute Gasteiger partial charge is 0.438 e. The Balaban J connectivity index is 2.35. The summed E-state index contributed by atoms with van der Waals surface area (Å²) >= 11 is 6.43. The molecule has 0 unspecified atom stereocenters. The highest BCUT2D eigenvalue weighted by atomic mass is 79.9. The lowest BCUT2D eigenvalue weighted by Gasteiger charge is -2.20. The quantitative estimate of drug-likeness (QED) is 0.302. The fourth-order valence-corrected chi connectivity index (χ4v) is 2.90. The lowest BCUT2D eigenvalue weighted by atomic mass is 10.3. The number of aromatic nitrogens is 2. The van der Waals surface area contributed by atoms with Gasteiger partial charge in [-0.1, -0.05) is 24.8 Å². The summed E-state index contributed by atoms with van der Waals surface area (Å²) in [5.41, 5.74) is -1.39. The molecule has 28 heavy (non-hydrogen) atoms. The molecule has 146 valence electrons. The maximum atomic E-state index is 11.8. The van der Waals surface area contributed by atoms with Crippen molar-refractivity contribution in [2.24, 2.45) is 0 Å². The van der Waals surface area contributed by atoms with Gasteiger partial charge in [0.05, 0.1) is 20.1 Å². The van der Waals surface area contributed by atoms with E-state index in [1.54, 1.807) is 18.2 Å². The van der Waals surface area contributed by atoms with Gasteiger partial charge in [-0.2, -0.15) is 0 Å². The Morgan fingerprint density at radius 3 is 1.82 bits per heavy atom. The second kappa shape index (κ2) is 10.00. The molecule has 0 saturated carbocycles. The van der Waals surface area contributed by atoms with Gasteiger partial charge < -0.3 is 9.47 Å². The van der Waals surface area contributed by atoms with Crippen molar-refractivity contribution in [3.8, 4) is 11.8 Å². The van der Waals surface area contributed by atoms with Crippen LogP contribution in [0.2, 0.25) is 0 Å². The van der Waals surface area contributed by atoms with Gasteiger partial charge in [0.15, 0.2) is 12.6 Å². The Kier molecular flexibility index (Phi) is 7.70. The van der Waals surface area contributed by atoms with E-state index in [-0.39, 0.29) is 29.3 Å². The molecule has 0 aromatic carbocycles. The fourth-order valence-electron chi connectivity index (χ4n) is 2.02. The molecule has 0 atom stereocenters. The Labute approximate surface area is 175 Å². The van der Waals surface area contributed by atoms with Crippen LogP contribution in [0, 0.1) is 0 Å². The van der Waals surface area contributed by atoms with Gasteiger partial charge in [-0.3, -0.25) is 29.1 Å². The number of pyridine rings is 2. The number of allylic oxidation sites excluding steroid dienone is 2. The molecule has 2 aromatic rings. The van der Waals surface area contributed by atoms with Crippen LogP contribution in [-0.4, -0.2) is 28.8 Å². The predicted molar refractivity (Wildman–Crippen MR) is 109 cm³/mol. The highest BCUT2D eigenvalue weighted by molar-refractivity contribution is 9.10. The van der Waals surface area contributed by atoms with E-state index in [4.69, 9.17) is 9.47 Å². The normalized spacial score (nSPS) is 10.8. The summed E-state index contributed by atoms with van der Waals surface area (Å²) in [6.45, 7) is 3.57. The van der Waals surface area contributed by atoms with Crippen LogP contribution in [0.15, 0.2) is 55.5 Å². The van der Waals surface area contributed by atoms with Gasteiger partial charge in [0.1, 0.15) is 0 Å². The summed E-state index contributed by atoms with van der Waals surface area (Å²) in [7, 11) is 0. The van der Waals surface area contributed by atoms with Crippen molar-refractivity contribution >= 4 is 44.4 Å². The van der Waals surface area contributed by atoms with Gasteiger partial charge in [0, 0.05) is 6.42 Å². The minimum atomic E-state index is -0.973. The third-order valence-corrected chi connectivity index (χ3v) is 4.51. The van der Waals surface area contributed by atoms with Crippen LogP contribution in [0.1, 0.15) is 27.1 Å². The highest BCUT2D eigenvalue weighted by Crippen LogP contribution is 2.26. The zero-order valence-electron chi connectivity index (χ0n) is 14.2. The van der Waals surface area contributed by atoms with Crippen LogP contribution in [0.5, 0.6) is 11.8 Å². The van der Waals surface area contributed by atoms with Gasteiger partial charge >= 0.3 is 0 Å². The van der Waals surface area contributed by atoms with Gasteiger partial charge in [-0.05, 0) is 44.0 Å². The Hall–Kier alpha value is -2.72. The molecule has 0 saturated heterocycles. The first-order valence-electron chi connectivity index (χ1n) is 7.76. The molecule has 2 heterocycles. The molecular formula is C18H14Br2N2O6. The molecule has 0 fully saturated rings. The average Bonchev–Trinajstić information content (AvgIpc) is 2.66. The Morgan fingerprint density at radius 1 is 0.964 bits per heavy atom. The number of hydrogen-bond donors (Lipinski definition) is 2. The van der Waals surface area contributed by atoms with Crippen LogP contribution < -0.4 is 20.6 Å². The molecule has 2 aromatic heterocycles. The minimum absolute atomic E-state index is 0.0376. The molecule has 0 amide bonds. The van der Waals surface area contributed by atoms with Gasteiger partial charge in [-0.25, -0.2) is 0 Å². The second-order valence-corrected chi connectivity index (χ2v) is 6.97. The van der Waals surface area contributed by atoms with Crippen LogP contribution >= 0.6 is 31.9 Å². The second-order valence-electron chi connectivity index (χ2n) is 5.26. The number of nitrogens with one attached hydrogen (secondary N) is 2. The lowest BCUT2D eigenvalue weighted by Crippen LogP contribution is -2.27. The molecule has 0 aliphatic heterocycles. The van der Waals surface area contributed by atoms with Gasteiger partial charge in [-0.15, -0.1) is 0 Å². The number of rotatable bonds is 9. The molecule has 8 nitrogen and oxygen atoms in total. The standard InChI is InChI=1S/C18H14Br2N2O6/c1-2-3-4-5-14(27-17-12(19)6-10(8-23)15(25)21-17)28-18-13(20)7-11(9-24)16(26)22-18/h2-4,6-9,14H,1,5H2,(H,21,25)(H,22,26)/b4-3-. The maximum Gasteiger partial charge on any atom is 0.261 e. The van der Waals surface area contributed by atoms with Crippen molar-refractivity contribution in [2.45, 2.75) is 12.7 Å². The predicted octanol–water partition coefficient (Wildman–Crippen LogP) is 3.13. The van der Waals surface area contributed by atoms with E-state index >= 15 is 0 Å². The number of ether oxygens (including phenoxy) is 2. The number of hydrogen-bond acceptors (Lipinski definition) is 6. The van der Waals surface area contributed by atoms with E-state index in [2.05, 4.69) is 48.4 Å². The van der Waals surface area contributed by atoms with Crippen LogP contribution in [-0.2, 0) is 0 Å². The number of H-pyrrole nitrogens is 2. The van der Waals surface area contributed by atoms with Crippen molar-refractivity contribution < 1.29 is 19.1 Å². The van der Waals surface area contributed by atoms with Crippen molar-refractivity contribution in [2.75, 3.05) is 0 Å². The van der Waals surface area contributed by atoms with E-state index in [9.17, 15) is 19.2 Å². The summed E-state index contributed by atoms with van der Waals surface area (Å²) in [5, 5.41) is 0.